The van der Waals surface area contributed by atoms with Gasteiger partial charge in [-0.05, 0) is 24.7 Å². The molecule has 0 fully saturated rings. The van der Waals surface area contributed by atoms with E-state index in [1.165, 1.54) is 23.5 Å². The van der Waals surface area contributed by atoms with Crippen molar-refractivity contribution in [1.82, 2.24) is 4.98 Å². The van der Waals surface area contributed by atoms with Gasteiger partial charge in [0.2, 0.25) is 0 Å². The molecule has 0 atom stereocenters. The zero-order valence-electron chi connectivity index (χ0n) is 10.5. The van der Waals surface area contributed by atoms with Gasteiger partial charge in [-0.2, -0.15) is 0 Å². The van der Waals surface area contributed by atoms with Crippen LogP contribution in [0.1, 0.15) is 56.6 Å². The number of hydrogen-bond donors (Lipinski definition) is 0. The molecule has 0 saturated carbocycles. The van der Waals surface area contributed by atoms with Crippen LogP contribution in [-0.4, -0.2) is 4.98 Å². The Labute approximate surface area is 96.9 Å². The maximum absolute atomic E-state index is 4.84. The summed E-state index contributed by atoms with van der Waals surface area (Å²) in [6.07, 6.45) is 3.71. The maximum atomic E-state index is 4.84. The molecule has 1 aromatic heterocycles. The van der Waals surface area contributed by atoms with Gasteiger partial charge in [0, 0.05) is 10.3 Å². The number of aromatic nitrogens is 1. The largest absolute Gasteiger partial charge is 0.245 e. The van der Waals surface area contributed by atoms with E-state index < -0.39 is 0 Å². The van der Waals surface area contributed by atoms with E-state index >= 15 is 0 Å². The molecule has 1 aliphatic rings. The maximum Gasteiger partial charge on any atom is 0.0984 e. The quantitative estimate of drug-likeness (QED) is 0.649. The fraction of sp³-hybridized carbons (Fsp3) is 0.769. The van der Waals surface area contributed by atoms with Gasteiger partial charge >= 0.3 is 0 Å². The Morgan fingerprint density at radius 3 is 2.53 bits per heavy atom. The average molecular weight is 223 g/mol. The van der Waals surface area contributed by atoms with E-state index in [4.69, 9.17) is 4.98 Å². The summed E-state index contributed by atoms with van der Waals surface area (Å²) in [4.78, 5) is 6.38. The van der Waals surface area contributed by atoms with E-state index in [1.807, 2.05) is 11.3 Å². The van der Waals surface area contributed by atoms with Gasteiger partial charge in [-0.15, -0.1) is 11.3 Å². The molecule has 1 aliphatic carbocycles. The molecule has 0 amide bonds. The Balaban J connectivity index is 2.34. The third-order valence-electron chi connectivity index (χ3n) is 3.09. The first-order chi connectivity index (χ1) is 6.78. The van der Waals surface area contributed by atoms with Crippen LogP contribution in [0.4, 0.5) is 0 Å². The number of rotatable bonds is 0. The van der Waals surface area contributed by atoms with Crippen LogP contribution in [0.5, 0.6) is 0 Å². The van der Waals surface area contributed by atoms with Crippen LogP contribution in [0.2, 0.25) is 0 Å². The van der Waals surface area contributed by atoms with Crippen LogP contribution in [0.3, 0.4) is 0 Å². The van der Waals surface area contributed by atoms with Crippen molar-refractivity contribution in [2.45, 2.75) is 59.3 Å². The monoisotopic (exact) mass is 223 g/mol. The highest BCUT2D eigenvalue weighted by atomic mass is 32.1. The topological polar surface area (TPSA) is 12.9 Å². The van der Waals surface area contributed by atoms with Crippen molar-refractivity contribution in [1.29, 1.82) is 0 Å². The zero-order chi connectivity index (χ0) is 11.3. The van der Waals surface area contributed by atoms with Crippen LogP contribution < -0.4 is 0 Å². The Morgan fingerprint density at radius 2 is 1.93 bits per heavy atom. The highest BCUT2D eigenvalue weighted by molar-refractivity contribution is 7.11. The number of aryl methyl sites for hydroxylation is 1. The molecule has 0 radical (unpaired) electrons. The molecule has 1 heterocycles. The molecule has 84 valence electrons. The fourth-order valence-corrected chi connectivity index (χ4v) is 3.17. The van der Waals surface area contributed by atoms with Crippen LogP contribution in [0, 0.1) is 5.41 Å². The molecule has 2 heteroatoms. The lowest BCUT2D eigenvalue weighted by molar-refractivity contribution is 0.313. The number of fused-ring (bicyclic) bond motifs is 1. The van der Waals surface area contributed by atoms with E-state index in [0.717, 1.165) is 6.42 Å². The molecular weight excluding hydrogens is 202 g/mol. The minimum Gasteiger partial charge on any atom is -0.245 e. The predicted molar refractivity (Wildman–Crippen MR) is 66.6 cm³/mol. The molecule has 0 spiro atoms. The van der Waals surface area contributed by atoms with Crippen molar-refractivity contribution in [3.05, 3.63) is 15.6 Å². The molecule has 15 heavy (non-hydrogen) atoms. The fourth-order valence-electron chi connectivity index (χ4n) is 2.03. The number of hydrogen-bond acceptors (Lipinski definition) is 2. The Kier molecular flexibility index (Phi) is 2.45. The molecule has 0 bridgehead atoms. The van der Waals surface area contributed by atoms with Gasteiger partial charge in [0.1, 0.15) is 0 Å². The van der Waals surface area contributed by atoms with E-state index in [9.17, 15) is 0 Å². The van der Waals surface area contributed by atoms with Gasteiger partial charge < -0.3 is 0 Å². The van der Waals surface area contributed by atoms with Crippen LogP contribution in [0.25, 0.3) is 0 Å². The molecule has 1 aromatic rings. The third kappa shape index (κ3) is 2.25. The second kappa shape index (κ2) is 3.31. The molecular formula is C13H21NS. The Bertz CT molecular complexity index is 368. The Morgan fingerprint density at radius 1 is 1.27 bits per heavy atom. The predicted octanol–water partition coefficient (Wildman–Crippen LogP) is 3.96. The van der Waals surface area contributed by atoms with E-state index in [0.29, 0.717) is 5.41 Å². The van der Waals surface area contributed by atoms with Crippen molar-refractivity contribution in [3.8, 4) is 0 Å². The second-order valence-corrected chi connectivity index (χ2v) is 7.56. The summed E-state index contributed by atoms with van der Waals surface area (Å²) in [6, 6.07) is 0. The summed E-state index contributed by atoms with van der Waals surface area (Å²) in [5, 5.41) is 1.31. The first-order valence-corrected chi connectivity index (χ1v) is 6.59. The SMILES string of the molecule is CC1(C)CCc2sc(C(C)(C)C)nc2C1. The minimum absolute atomic E-state index is 0.214. The molecule has 0 aliphatic heterocycles. The molecule has 0 saturated heterocycles. The number of nitrogens with zero attached hydrogens (tertiary/aromatic N) is 1. The lowest BCUT2D eigenvalue weighted by Crippen LogP contribution is -2.21. The highest BCUT2D eigenvalue weighted by Crippen LogP contribution is 2.39. The zero-order valence-corrected chi connectivity index (χ0v) is 11.3. The van der Waals surface area contributed by atoms with Crippen molar-refractivity contribution in [3.63, 3.8) is 0 Å². The van der Waals surface area contributed by atoms with Crippen LogP contribution in [-0.2, 0) is 18.3 Å². The molecule has 0 N–H and O–H groups in total. The second-order valence-electron chi connectivity index (χ2n) is 6.48. The minimum atomic E-state index is 0.214. The summed E-state index contributed by atoms with van der Waals surface area (Å²) in [6.45, 7) is 11.5. The van der Waals surface area contributed by atoms with Crippen molar-refractivity contribution >= 4 is 11.3 Å². The third-order valence-corrected chi connectivity index (χ3v) is 4.68. The summed E-state index contributed by atoms with van der Waals surface area (Å²) in [5.74, 6) is 0. The molecule has 1 nitrogen and oxygen atoms in total. The lowest BCUT2D eigenvalue weighted by atomic mass is 9.79. The lowest BCUT2D eigenvalue weighted by Gasteiger charge is -2.28. The summed E-state index contributed by atoms with van der Waals surface area (Å²) < 4.78 is 0. The highest BCUT2D eigenvalue weighted by Gasteiger charge is 2.30. The van der Waals surface area contributed by atoms with Crippen LogP contribution >= 0.6 is 11.3 Å². The molecule has 0 aromatic carbocycles. The normalized spacial score (nSPS) is 20.1. The van der Waals surface area contributed by atoms with Gasteiger partial charge in [-0.3, -0.25) is 0 Å². The average Bonchev–Trinajstić information content (AvgIpc) is 2.43. The first-order valence-electron chi connectivity index (χ1n) is 5.77. The first kappa shape index (κ1) is 11.1. The van der Waals surface area contributed by atoms with Crippen molar-refractivity contribution in [2.24, 2.45) is 5.41 Å². The number of thiazole rings is 1. The van der Waals surface area contributed by atoms with Gasteiger partial charge in [-0.1, -0.05) is 34.6 Å². The van der Waals surface area contributed by atoms with Crippen molar-refractivity contribution < 1.29 is 0 Å². The van der Waals surface area contributed by atoms with Gasteiger partial charge in [0.25, 0.3) is 0 Å². The van der Waals surface area contributed by atoms with E-state index in [-0.39, 0.29) is 5.41 Å². The summed E-state index contributed by atoms with van der Waals surface area (Å²) in [7, 11) is 0. The van der Waals surface area contributed by atoms with Crippen molar-refractivity contribution in [2.75, 3.05) is 0 Å². The molecule has 2 rings (SSSR count). The smallest absolute Gasteiger partial charge is 0.0984 e. The molecule has 0 unspecified atom stereocenters. The standard InChI is InChI=1S/C13H21NS/c1-12(2,3)11-14-9-8-13(4,5)7-6-10(9)15-11/h6-8H2,1-5H3. The van der Waals surface area contributed by atoms with Gasteiger partial charge in [0.15, 0.2) is 0 Å². The summed E-state index contributed by atoms with van der Waals surface area (Å²) >= 11 is 1.93. The van der Waals surface area contributed by atoms with E-state index in [2.05, 4.69) is 34.6 Å². The van der Waals surface area contributed by atoms with Crippen LogP contribution in [0.15, 0.2) is 0 Å². The van der Waals surface area contributed by atoms with E-state index in [1.54, 1.807) is 4.88 Å². The van der Waals surface area contributed by atoms with Gasteiger partial charge in [0.05, 0.1) is 10.7 Å². The van der Waals surface area contributed by atoms with Gasteiger partial charge in [-0.25, -0.2) is 4.98 Å². The summed E-state index contributed by atoms with van der Waals surface area (Å²) in [5.41, 5.74) is 2.05. The Hall–Kier alpha value is -0.370.